The van der Waals surface area contributed by atoms with E-state index in [0.29, 0.717) is 5.92 Å². The van der Waals surface area contributed by atoms with Crippen molar-refractivity contribution in [3.05, 3.63) is 11.4 Å². The van der Waals surface area contributed by atoms with Crippen molar-refractivity contribution in [2.45, 2.75) is 46.5 Å². The second-order valence-corrected chi connectivity index (χ2v) is 6.24. The van der Waals surface area contributed by atoms with Gasteiger partial charge in [-0.3, -0.25) is 0 Å². The zero-order chi connectivity index (χ0) is 15.0. The number of hydrogen-bond acceptors (Lipinski definition) is 5. The van der Waals surface area contributed by atoms with Gasteiger partial charge < -0.3 is 10.6 Å². The third kappa shape index (κ3) is 5.19. The van der Waals surface area contributed by atoms with Gasteiger partial charge in [0.2, 0.25) is 0 Å². The number of anilines is 2. The summed E-state index contributed by atoms with van der Waals surface area (Å²) in [6, 6.07) is 0. The molecule has 0 saturated carbocycles. The molecule has 2 N–H and O–H groups in total. The first-order valence-electron chi connectivity index (χ1n) is 7.45. The molecule has 4 nitrogen and oxygen atoms in total. The summed E-state index contributed by atoms with van der Waals surface area (Å²) in [7, 11) is 0. The van der Waals surface area contributed by atoms with E-state index in [4.69, 9.17) is 0 Å². The van der Waals surface area contributed by atoms with Crippen LogP contribution in [-0.4, -0.2) is 35.1 Å². The molecule has 0 bridgehead atoms. The molecule has 1 aromatic heterocycles. The highest BCUT2D eigenvalue weighted by Crippen LogP contribution is 2.23. The SMILES string of the molecule is CCCNc1nc(C(C)C)nc(NCCCSC)c1C. The van der Waals surface area contributed by atoms with E-state index in [-0.39, 0.29) is 0 Å². The zero-order valence-corrected chi connectivity index (χ0v) is 14.2. The van der Waals surface area contributed by atoms with Crippen molar-refractivity contribution in [1.82, 2.24) is 9.97 Å². The molecule has 0 fully saturated rings. The Morgan fingerprint density at radius 3 is 2.20 bits per heavy atom. The minimum absolute atomic E-state index is 0.338. The Kier molecular flexibility index (Phi) is 7.73. The monoisotopic (exact) mass is 296 g/mol. The van der Waals surface area contributed by atoms with Crippen LogP contribution in [0.1, 0.15) is 50.9 Å². The molecular weight excluding hydrogens is 268 g/mol. The highest BCUT2D eigenvalue weighted by molar-refractivity contribution is 7.98. The summed E-state index contributed by atoms with van der Waals surface area (Å²) in [5.74, 6) is 4.36. The van der Waals surface area contributed by atoms with Crippen LogP contribution >= 0.6 is 11.8 Å². The van der Waals surface area contributed by atoms with Gasteiger partial charge in [0, 0.05) is 24.6 Å². The Morgan fingerprint density at radius 2 is 1.70 bits per heavy atom. The van der Waals surface area contributed by atoms with Gasteiger partial charge in [-0.2, -0.15) is 11.8 Å². The largest absolute Gasteiger partial charge is 0.370 e. The zero-order valence-electron chi connectivity index (χ0n) is 13.4. The van der Waals surface area contributed by atoms with Crippen LogP contribution in [0.2, 0.25) is 0 Å². The van der Waals surface area contributed by atoms with Crippen molar-refractivity contribution in [3.8, 4) is 0 Å². The summed E-state index contributed by atoms with van der Waals surface area (Å²) in [4.78, 5) is 9.32. The van der Waals surface area contributed by atoms with Gasteiger partial charge in [0.1, 0.15) is 17.5 Å². The normalized spacial score (nSPS) is 10.9. The molecule has 0 atom stereocenters. The quantitative estimate of drug-likeness (QED) is 0.677. The minimum atomic E-state index is 0.338. The second kappa shape index (κ2) is 9.06. The van der Waals surface area contributed by atoms with Crippen LogP contribution in [0.25, 0.3) is 0 Å². The maximum absolute atomic E-state index is 4.67. The molecule has 114 valence electrons. The van der Waals surface area contributed by atoms with Crippen LogP contribution in [-0.2, 0) is 0 Å². The molecule has 5 heteroatoms. The van der Waals surface area contributed by atoms with Gasteiger partial charge in [-0.15, -0.1) is 0 Å². The molecule has 0 unspecified atom stereocenters. The van der Waals surface area contributed by atoms with E-state index in [9.17, 15) is 0 Å². The number of hydrogen-bond donors (Lipinski definition) is 2. The van der Waals surface area contributed by atoms with Crippen molar-refractivity contribution in [2.75, 3.05) is 35.7 Å². The molecule has 0 aliphatic rings. The predicted octanol–water partition coefficient (Wildman–Crippen LogP) is 3.90. The Labute approximate surface area is 127 Å². The van der Waals surface area contributed by atoms with Gasteiger partial charge in [0.15, 0.2) is 0 Å². The van der Waals surface area contributed by atoms with Gasteiger partial charge >= 0.3 is 0 Å². The molecule has 0 aromatic carbocycles. The molecular formula is C15H28N4S. The molecule has 1 heterocycles. The lowest BCUT2D eigenvalue weighted by molar-refractivity contribution is 0.770. The average Bonchev–Trinajstić information content (AvgIpc) is 2.43. The molecule has 20 heavy (non-hydrogen) atoms. The van der Waals surface area contributed by atoms with Crippen LogP contribution in [0, 0.1) is 6.92 Å². The summed E-state index contributed by atoms with van der Waals surface area (Å²) in [6.45, 7) is 10.4. The summed E-state index contributed by atoms with van der Waals surface area (Å²) >= 11 is 1.88. The van der Waals surface area contributed by atoms with Gasteiger partial charge in [-0.1, -0.05) is 20.8 Å². The third-order valence-corrected chi connectivity index (χ3v) is 3.74. The summed E-state index contributed by atoms with van der Waals surface area (Å²) in [5.41, 5.74) is 1.12. The lowest BCUT2D eigenvalue weighted by Gasteiger charge is -2.16. The van der Waals surface area contributed by atoms with E-state index in [1.807, 2.05) is 11.8 Å². The fourth-order valence-corrected chi connectivity index (χ4v) is 2.24. The van der Waals surface area contributed by atoms with Crippen LogP contribution in [0.5, 0.6) is 0 Å². The van der Waals surface area contributed by atoms with Gasteiger partial charge in [-0.05, 0) is 31.8 Å². The first-order valence-corrected chi connectivity index (χ1v) is 8.84. The Morgan fingerprint density at radius 1 is 1.10 bits per heavy atom. The molecule has 1 rings (SSSR count). The van der Waals surface area contributed by atoms with Crippen LogP contribution in [0.15, 0.2) is 0 Å². The van der Waals surface area contributed by atoms with Gasteiger partial charge in [0.05, 0.1) is 0 Å². The molecule has 0 radical (unpaired) electrons. The number of aromatic nitrogens is 2. The number of rotatable bonds is 9. The number of thioether (sulfide) groups is 1. The maximum atomic E-state index is 4.67. The second-order valence-electron chi connectivity index (χ2n) is 5.26. The van der Waals surface area contributed by atoms with E-state index in [1.165, 1.54) is 5.75 Å². The van der Waals surface area contributed by atoms with Crippen molar-refractivity contribution in [2.24, 2.45) is 0 Å². The van der Waals surface area contributed by atoms with E-state index in [1.54, 1.807) is 0 Å². The van der Waals surface area contributed by atoms with Crippen LogP contribution in [0.4, 0.5) is 11.6 Å². The van der Waals surface area contributed by atoms with E-state index in [0.717, 1.165) is 49.0 Å². The van der Waals surface area contributed by atoms with Crippen molar-refractivity contribution in [1.29, 1.82) is 0 Å². The highest BCUT2D eigenvalue weighted by Gasteiger charge is 2.12. The molecule has 1 aromatic rings. The summed E-state index contributed by atoms with van der Waals surface area (Å²) in [5, 5.41) is 6.86. The molecule has 0 aliphatic carbocycles. The standard InChI is InChI=1S/C15H28N4S/c1-6-8-16-14-12(4)15(17-9-7-10-20-5)19-13(18-14)11(2)3/h11H,6-10H2,1-5H3,(H2,16,17,18,19). The first-order chi connectivity index (χ1) is 9.60. The van der Waals surface area contributed by atoms with E-state index >= 15 is 0 Å². The first kappa shape index (κ1) is 17.1. The Balaban J connectivity index is 2.86. The van der Waals surface area contributed by atoms with Gasteiger partial charge in [0.25, 0.3) is 0 Å². The van der Waals surface area contributed by atoms with Crippen molar-refractivity contribution < 1.29 is 0 Å². The fourth-order valence-electron chi connectivity index (χ4n) is 1.80. The molecule has 0 aliphatic heterocycles. The average molecular weight is 296 g/mol. The lowest BCUT2D eigenvalue weighted by atomic mass is 10.2. The lowest BCUT2D eigenvalue weighted by Crippen LogP contribution is -2.13. The Hall–Kier alpha value is -0.970. The Bertz CT molecular complexity index is 407. The third-order valence-electron chi connectivity index (χ3n) is 3.04. The van der Waals surface area contributed by atoms with Crippen LogP contribution in [0.3, 0.4) is 0 Å². The summed E-state index contributed by atoms with van der Waals surface area (Å²) < 4.78 is 0. The van der Waals surface area contributed by atoms with Crippen molar-refractivity contribution in [3.63, 3.8) is 0 Å². The molecule has 0 spiro atoms. The van der Waals surface area contributed by atoms with E-state index < -0.39 is 0 Å². The minimum Gasteiger partial charge on any atom is -0.370 e. The molecule has 0 saturated heterocycles. The summed E-state index contributed by atoms with van der Waals surface area (Å²) in [6.07, 6.45) is 4.38. The number of nitrogens with zero attached hydrogens (tertiary/aromatic N) is 2. The van der Waals surface area contributed by atoms with Crippen LogP contribution < -0.4 is 10.6 Å². The number of nitrogens with one attached hydrogen (secondary N) is 2. The highest BCUT2D eigenvalue weighted by atomic mass is 32.2. The van der Waals surface area contributed by atoms with Gasteiger partial charge in [-0.25, -0.2) is 9.97 Å². The smallest absolute Gasteiger partial charge is 0.135 e. The molecule has 0 amide bonds. The van der Waals surface area contributed by atoms with Crippen molar-refractivity contribution >= 4 is 23.4 Å². The van der Waals surface area contributed by atoms with E-state index in [2.05, 4.69) is 54.6 Å². The predicted molar refractivity (Wildman–Crippen MR) is 91.1 cm³/mol. The topological polar surface area (TPSA) is 49.8 Å². The maximum Gasteiger partial charge on any atom is 0.135 e. The fraction of sp³-hybridized carbons (Fsp3) is 0.733.